The molecule has 0 atom stereocenters. The number of hydrogen-bond acceptors (Lipinski definition) is 4. The van der Waals surface area contributed by atoms with Crippen LogP contribution in [0.5, 0.6) is 0 Å². The van der Waals surface area contributed by atoms with E-state index in [0.717, 1.165) is 17.4 Å². The summed E-state index contributed by atoms with van der Waals surface area (Å²) in [6, 6.07) is 0. The smallest absolute Gasteiger partial charge is 0.261 e. The normalized spacial score (nSPS) is 16.4. The summed E-state index contributed by atoms with van der Waals surface area (Å²) in [7, 11) is 0. The lowest BCUT2D eigenvalue weighted by Gasteiger charge is -2.19. The molecule has 0 saturated carbocycles. The number of aryl methyl sites for hydroxylation is 1. The summed E-state index contributed by atoms with van der Waals surface area (Å²) in [5, 5.41) is 8.26. The molecule has 1 saturated heterocycles. The van der Waals surface area contributed by atoms with Gasteiger partial charge in [-0.2, -0.15) is 0 Å². The third-order valence-electron chi connectivity index (χ3n) is 4.71. The zero-order valence-electron chi connectivity index (χ0n) is 16.5. The number of nitrogens with one attached hydrogen (secondary N) is 1. The fourth-order valence-corrected chi connectivity index (χ4v) is 3.02. The van der Waals surface area contributed by atoms with E-state index in [1.165, 1.54) is 6.20 Å². The van der Waals surface area contributed by atoms with E-state index < -0.39 is 22.9 Å². The Morgan fingerprint density at radius 2 is 2.03 bits per heavy atom. The van der Waals surface area contributed by atoms with Gasteiger partial charge >= 0.3 is 0 Å². The predicted molar refractivity (Wildman–Crippen MR) is 107 cm³/mol. The minimum absolute atomic E-state index is 0.0351. The maximum atomic E-state index is 13.6. The maximum absolute atomic E-state index is 13.6. The minimum Gasteiger partial charge on any atom is -0.381 e. The average Bonchev–Trinajstić information content (AvgIpc) is 2.71. The van der Waals surface area contributed by atoms with Crippen molar-refractivity contribution in [3.8, 4) is 0 Å². The van der Waals surface area contributed by atoms with Gasteiger partial charge in [-0.25, -0.2) is 18.2 Å². The number of hydrogen-bond donors (Lipinski definition) is 1. The molecule has 0 aliphatic carbocycles. The number of halogens is 3. The van der Waals surface area contributed by atoms with Crippen LogP contribution in [-0.4, -0.2) is 28.5 Å². The number of nitrogens with zero attached hydrogens (tertiary/aromatic N) is 2. The van der Waals surface area contributed by atoms with E-state index in [9.17, 15) is 18.0 Å². The topological polar surface area (TPSA) is 68.0 Å². The first-order chi connectivity index (χ1) is 13.8. The summed E-state index contributed by atoms with van der Waals surface area (Å²) >= 11 is 0. The Hall–Kier alpha value is -2.74. The van der Waals surface area contributed by atoms with E-state index in [1.807, 2.05) is 6.08 Å². The van der Waals surface area contributed by atoms with Gasteiger partial charge in [0.15, 0.2) is 17.5 Å². The van der Waals surface area contributed by atoms with Crippen molar-refractivity contribution in [2.24, 2.45) is 5.92 Å². The van der Waals surface area contributed by atoms with Crippen LogP contribution in [0.1, 0.15) is 36.8 Å². The number of aromatic nitrogens is 2. The first-order valence-electron chi connectivity index (χ1n) is 9.29. The summed E-state index contributed by atoms with van der Waals surface area (Å²) in [6.07, 6.45) is 5.82. The van der Waals surface area contributed by atoms with Gasteiger partial charge < -0.3 is 4.74 Å². The minimum atomic E-state index is -1.41. The molecule has 1 aliphatic heterocycles. The zero-order valence-corrected chi connectivity index (χ0v) is 16.5. The Labute approximate surface area is 167 Å². The zero-order chi connectivity index (χ0) is 21.6. The standard InChI is InChI=1S/C21H24F3N3O2/c1-4-17-14(3)26-20(19(25)16(12-22)11-18(24)13(2)23)27(21(17)28)8-5-15-6-9-29-10-7-15/h5,8,11-12,15,25H,2,4,6-7,9-10H2,1,3H3/b8-5+,16-12-,18-11+,25-19?. The SMILES string of the molecule is C=C(F)/C(F)=C\C(=C\F)C(=N)c1nc(C)c(CC)c(=O)n1/C=C/C1CCOCC1. The highest BCUT2D eigenvalue weighted by atomic mass is 19.2. The van der Waals surface area contributed by atoms with E-state index >= 15 is 0 Å². The van der Waals surface area contributed by atoms with Crippen LogP contribution in [0.3, 0.4) is 0 Å². The molecule has 156 valence electrons. The lowest BCUT2D eigenvalue weighted by Crippen LogP contribution is -2.29. The highest BCUT2D eigenvalue weighted by molar-refractivity contribution is 6.10. The van der Waals surface area contributed by atoms with E-state index in [4.69, 9.17) is 10.1 Å². The van der Waals surface area contributed by atoms with Crippen molar-refractivity contribution in [1.29, 1.82) is 5.41 Å². The monoisotopic (exact) mass is 407 g/mol. The lowest BCUT2D eigenvalue weighted by molar-refractivity contribution is 0.0787. The van der Waals surface area contributed by atoms with Crippen LogP contribution in [0.4, 0.5) is 13.2 Å². The first-order valence-corrected chi connectivity index (χ1v) is 9.29. The molecule has 0 unspecified atom stereocenters. The van der Waals surface area contributed by atoms with Gasteiger partial charge in [0.05, 0.1) is 6.33 Å². The second kappa shape index (κ2) is 10.2. The molecule has 2 rings (SSSR count). The Morgan fingerprint density at radius 3 is 2.59 bits per heavy atom. The van der Waals surface area contributed by atoms with Gasteiger partial charge in [-0.3, -0.25) is 14.8 Å². The highest BCUT2D eigenvalue weighted by Crippen LogP contribution is 2.19. The quantitative estimate of drug-likeness (QED) is 0.532. The molecule has 0 bridgehead atoms. The van der Waals surface area contributed by atoms with Gasteiger partial charge in [0.2, 0.25) is 0 Å². The second-order valence-corrected chi connectivity index (χ2v) is 6.66. The summed E-state index contributed by atoms with van der Waals surface area (Å²) < 4.78 is 46.3. The third kappa shape index (κ3) is 5.41. The van der Waals surface area contributed by atoms with Crippen LogP contribution in [-0.2, 0) is 11.2 Å². The van der Waals surface area contributed by atoms with E-state index in [-0.39, 0.29) is 23.6 Å². The number of rotatable bonds is 7. The molecular formula is C21H24F3N3O2. The Bertz CT molecular complexity index is 939. The lowest BCUT2D eigenvalue weighted by atomic mass is 10.0. The molecule has 5 nitrogen and oxygen atoms in total. The summed E-state index contributed by atoms with van der Waals surface area (Å²) in [5.41, 5.74) is -0.651. The van der Waals surface area contributed by atoms with Crippen molar-refractivity contribution in [1.82, 2.24) is 9.55 Å². The largest absolute Gasteiger partial charge is 0.381 e. The van der Waals surface area contributed by atoms with Crippen LogP contribution in [0, 0.1) is 18.3 Å². The van der Waals surface area contributed by atoms with Gasteiger partial charge in [-0.1, -0.05) is 19.6 Å². The summed E-state index contributed by atoms with van der Waals surface area (Å²) in [5.74, 6) is -2.77. The van der Waals surface area contributed by atoms with E-state index in [2.05, 4.69) is 11.6 Å². The summed E-state index contributed by atoms with van der Waals surface area (Å²) in [6.45, 7) is 7.45. The molecule has 1 N–H and O–H groups in total. The van der Waals surface area contributed by atoms with Crippen molar-refractivity contribution < 1.29 is 17.9 Å². The van der Waals surface area contributed by atoms with Crippen LogP contribution < -0.4 is 5.56 Å². The van der Waals surface area contributed by atoms with Crippen molar-refractivity contribution in [3.05, 3.63) is 69.7 Å². The van der Waals surface area contributed by atoms with Crippen molar-refractivity contribution in [3.63, 3.8) is 0 Å². The number of ether oxygens (including phenoxy) is 1. The molecule has 0 radical (unpaired) electrons. The molecule has 29 heavy (non-hydrogen) atoms. The van der Waals surface area contributed by atoms with Gasteiger partial charge in [0.1, 0.15) is 5.71 Å². The Morgan fingerprint density at radius 1 is 1.38 bits per heavy atom. The Balaban J connectivity index is 2.56. The van der Waals surface area contributed by atoms with Gasteiger partial charge in [-0.05, 0) is 38.2 Å². The molecule has 0 spiro atoms. The van der Waals surface area contributed by atoms with Gasteiger partial charge in [0, 0.05) is 36.2 Å². The average molecular weight is 407 g/mol. The van der Waals surface area contributed by atoms with Gasteiger partial charge in [-0.15, -0.1) is 0 Å². The molecule has 8 heteroatoms. The molecule has 2 heterocycles. The van der Waals surface area contributed by atoms with Crippen LogP contribution in [0.2, 0.25) is 0 Å². The molecule has 1 aliphatic rings. The fraction of sp³-hybridized carbons (Fsp3) is 0.381. The molecule has 1 aromatic heterocycles. The molecule has 0 aromatic carbocycles. The molecule has 0 amide bonds. The highest BCUT2D eigenvalue weighted by Gasteiger charge is 2.19. The van der Waals surface area contributed by atoms with E-state index in [1.54, 1.807) is 13.8 Å². The predicted octanol–water partition coefficient (Wildman–Crippen LogP) is 4.57. The second-order valence-electron chi connectivity index (χ2n) is 6.66. The van der Waals surface area contributed by atoms with Crippen molar-refractivity contribution >= 4 is 11.9 Å². The van der Waals surface area contributed by atoms with Crippen molar-refractivity contribution in [2.45, 2.75) is 33.1 Å². The van der Waals surface area contributed by atoms with Gasteiger partial charge in [0.25, 0.3) is 5.56 Å². The molecule has 1 fully saturated rings. The summed E-state index contributed by atoms with van der Waals surface area (Å²) in [4.78, 5) is 17.2. The molecular weight excluding hydrogens is 383 g/mol. The Kier molecular flexibility index (Phi) is 7.90. The first kappa shape index (κ1) is 22.5. The van der Waals surface area contributed by atoms with E-state index in [0.29, 0.717) is 37.0 Å². The maximum Gasteiger partial charge on any atom is 0.261 e. The number of allylic oxidation sites excluding steroid dienone is 5. The fourth-order valence-electron chi connectivity index (χ4n) is 3.02. The third-order valence-corrected chi connectivity index (χ3v) is 4.71. The van der Waals surface area contributed by atoms with Crippen LogP contribution in [0.15, 0.2) is 47.1 Å². The molecule has 1 aromatic rings. The van der Waals surface area contributed by atoms with Crippen LogP contribution in [0.25, 0.3) is 6.20 Å². The van der Waals surface area contributed by atoms with Crippen LogP contribution >= 0.6 is 0 Å². The van der Waals surface area contributed by atoms with Crippen molar-refractivity contribution in [2.75, 3.05) is 13.2 Å².